The van der Waals surface area contributed by atoms with Crippen LogP contribution in [0.15, 0.2) is 0 Å². The van der Waals surface area contributed by atoms with Crippen LogP contribution < -0.4 is 0 Å². The van der Waals surface area contributed by atoms with Gasteiger partial charge >= 0.3 is 5.97 Å². The molecule has 0 radical (unpaired) electrons. The van der Waals surface area contributed by atoms with Gasteiger partial charge in [0.2, 0.25) is 0 Å². The molecule has 0 aromatic heterocycles. The van der Waals surface area contributed by atoms with Gasteiger partial charge in [-0.25, -0.2) is 0 Å². The molecule has 4 heteroatoms. The molecule has 2 fully saturated rings. The monoisotopic (exact) mass is 282 g/mol. The Hall–Kier alpha value is -0.610. The average Bonchev–Trinajstić information content (AvgIpc) is 2.38. The lowest BCUT2D eigenvalue weighted by Gasteiger charge is -2.43. The van der Waals surface area contributed by atoms with E-state index in [1.165, 1.54) is 19.3 Å². The first-order valence-corrected chi connectivity index (χ1v) is 8.05. The number of hydrogen-bond acceptors (Lipinski definition) is 3. The first-order chi connectivity index (χ1) is 9.43. The van der Waals surface area contributed by atoms with Crippen LogP contribution in [0.2, 0.25) is 0 Å². The molecule has 4 nitrogen and oxygen atoms in total. The number of likely N-dealkylation sites (N-methyl/N-ethyl adjacent to an activating group) is 1. The fraction of sp³-hybridized carbons (Fsp3) is 0.938. The van der Waals surface area contributed by atoms with E-state index in [2.05, 4.69) is 30.8 Å². The van der Waals surface area contributed by atoms with Gasteiger partial charge in [0.15, 0.2) is 0 Å². The first kappa shape index (κ1) is 15.8. The molecule has 0 amide bonds. The third-order valence-corrected chi connectivity index (χ3v) is 5.28. The van der Waals surface area contributed by atoms with E-state index in [1.54, 1.807) is 0 Å². The third-order valence-electron chi connectivity index (χ3n) is 5.28. The number of hydrogen-bond donors (Lipinski definition) is 1. The standard InChI is InChI=1S/C16H30N2O2/c1-13-6-4-8-16(10-13,15(19)20)12-18-9-5-7-14(11-18)17(2)3/h13-14H,4-12H2,1-3H3,(H,19,20). The van der Waals surface area contributed by atoms with Crippen LogP contribution in [0.4, 0.5) is 0 Å². The summed E-state index contributed by atoms with van der Waals surface area (Å²) >= 11 is 0. The van der Waals surface area contributed by atoms with Crippen molar-refractivity contribution in [2.45, 2.75) is 51.5 Å². The Morgan fingerprint density at radius 1 is 1.35 bits per heavy atom. The number of carbonyl (C=O) groups is 1. The van der Waals surface area contributed by atoms with E-state index in [0.29, 0.717) is 12.0 Å². The van der Waals surface area contributed by atoms with E-state index in [9.17, 15) is 9.90 Å². The molecule has 1 aliphatic heterocycles. The molecule has 1 N–H and O–H groups in total. The number of nitrogens with zero attached hydrogens (tertiary/aromatic N) is 2. The lowest BCUT2D eigenvalue weighted by molar-refractivity contribution is -0.154. The van der Waals surface area contributed by atoms with E-state index >= 15 is 0 Å². The van der Waals surface area contributed by atoms with Crippen LogP contribution in [0.5, 0.6) is 0 Å². The van der Waals surface area contributed by atoms with Crippen molar-refractivity contribution in [3.05, 3.63) is 0 Å². The molecule has 3 unspecified atom stereocenters. The van der Waals surface area contributed by atoms with E-state index in [1.807, 2.05) is 0 Å². The summed E-state index contributed by atoms with van der Waals surface area (Å²) in [6, 6.07) is 0.579. The van der Waals surface area contributed by atoms with Crippen LogP contribution in [0.3, 0.4) is 0 Å². The van der Waals surface area contributed by atoms with Crippen LogP contribution >= 0.6 is 0 Å². The maximum Gasteiger partial charge on any atom is 0.310 e. The summed E-state index contributed by atoms with van der Waals surface area (Å²) < 4.78 is 0. The zero-order valence-electron chi connectivity index (χ0n) is 13.3. The molecule has 1 heterocycles. The van der Waals surface area contributed by atoms with Gasteiger partial charge in [0.1, 0.15) is 0 Å². The molecule has 2 rings (SSSR count). The summed E-state index contributed by atoms with van der Waals surface area (Å²) in [7, 11) is 4.26. The van der Waals surface area contributed by atoms with Crippen molar-refractivity contribution in [1.82, 2.24) is 9.80 Å². The van der Waals surface area contributed by atoms with Crippen LogP contribution in [-0.4, -0.2) is 60.6 Å². The lowest BCUT2D eigenvalue weighted by atomic mass is 9.69. The molecule has 3 atom stereocenters. The van der Waals surface area contributed by atoms with Crippen molar-refractivity contribution in [2.75, 3.05) is 33.7 Å². The molecule has 0 aromatic carbocycles. The topological polar surface area (TPSA) is 43.8 Å². The SMILES string of the molecule is CC1CCCC(CN2CCCC(N(C)C)C2)(C(=O)O)C1. The molecule has 0 bridgehead atoms. The van der Waals surface area contributed by atoms with E-state index in [0.717, 1.165) is 38.9 Å². The number of piperidine rings is 1. The minimum Gasteiger partial charge on any atom is -0.481 e. The Balaban J connectivity index is 2.02. The summed E-state index contributed by atoms with van der Waals surface area (Å²) in [5.74, 6) is -0.0229. The molecule has 2 aliphatic rings. The zero-order chi connectivity index (χ0) is 14.8. The number of carboxylic acids is 1. The molecular weight excluding hydrogens is 252 g/mol. The van der Waals surface area contributed by atoms with Gasteiger partial charge < -0.3 is 14.9 Å². The Kier molecular flexibility index (Phi) is 5.08. The molecule has 20 heavy (non-hydrogen) atoms. The minimum atomic E-state index is -0.573. The molecule has 0 aromatic rings. The van der Waals surface area contributed by atoms with Crippen molar-refractivity contribution in [1.29, 1.82) is 0 Å². The predicted octanol–water partition coefficient (Wildman–Crippen LogP) is 2.29. The lowest BCUT2D eigenvalue weighted by Crippen LogP contribution is -2.51. The Morgan fingerprint density at radius 2 is 2.10 bits per heavy atom. The van der Waals surface area contributed by atoms with Gasteiger partial charge in [-0.1, -0.05) is 19.8 Å². The van der Waals surface area contributed by atoms with Crippen LogP contribution in [0.1, 0.15) is 45.4 Å². The number of likely N-dealkylation sites (tertiary alicyclic amines) is 1. The number of aliphatic carboxylic acids is 1. The number of rotatable bonds is 4. The Bertz CT molecular complexity index is 345. The van der Waals surface area contributed by atoms with Gasteiger partial charge in [-0.3, -0.25) is 4.79 Å². The largest absolute Gasteiger partial charge is 0.481 e. The van der Waals surface area contributed by atoms with Crippen molar-refractivity contribution >= 4 is 5.97 Å². The smallest absolute Gasteiger partial charge is 0.310 e. The molecule has 116 valence electrons. The number of carboxylic acid groups (broad SMARTS) is 1. The average molecular weight is 282 g/mol. The quantitative estimate of drug-likeness (QED) is 0.859. The molecule has 1 saturated carbocycles. The summed E-state index contributed by atoms with van der Waals surface area (Å²) in [5.41, 5.74) is -0.494. The van der Waals surface area contributed by atoms with Crippen LogP contribution in [0.25, 0.3) is 0 Å². The van der Waals surface area contributed by atoms with Crippen molar-refractivity contribution in [3.63, 3.8) is 0 Å². The molecule has 1 aliphatic carbocycles. The molecule has 1 saturated heterocycles. The second-order valence-electron chi connectivity index (χ2n) is 7.28. The molecular formula is C16H30N2O2. The normalized spacial score (nSPS) is 36.2. The van der Waals surface area contributed by atoms with E-state index in [-0.39, 0.29) is 0 Å². The van der Waals surface area contributed by atoms with Gasteiger partial charge in [0.05, 0.1) is 5.41 Å². The Labute approximate surface area is 123 Å². The minimum absolute atomic E-state index is 0.494. The van der Waals surface area contributed by atoms with Gasteiger partial charge in [0, 0.05) is 19.1 Å². The highest BCUT2D eigenvalue weighted by Gasteiger charge is 2.43. The highest BCUT2D eigenvalue weighted by Crippen LogP contribution is 2.40. The van der Waals surface area contributed by atoms with Gasteiger partial charge in [-0.15, -0.1) is 0 Å². The van der Waals surface area contributed by atoms with Crippen molar-refractivity contribution in [3.8, 4) is 0 Å². The fourth-order valence-electron chi connectivity index (χ4n) is 4.09. The maximum atomic E-state index is 11.9. The summed E-state index contributed by atoms with van der Waals surface area (Å²) in [4.78, 5) is 16.6. The van der Waals surface area contributed by atoms with Crippen molar-refractivity contribution < 1.29 is 9.90 Å². The second kappa shape index (κ2) is 6.44. The fourth-order valence-corrected chi connectivity index (χ4v) is 4.09. The van der Waals surface area contributed by atoms with Gasteiger partial charge in [0.25, 0.3) is 0 Å². The van der Waals surface area contributed by atoms with Gasteiger partial charge in [-0.05, 0) is 52.2 Å². The highest BCUT2D eigenvalue weighted by molar-refractivity contribution is 5.75. The highest BCUT2D eigenvalue weighted by atomic mass is 16.4. The van der Waals surface area contributed by atoms with Crippen LogP contribution in [-0.2, 0) is 4.79 Å². The molecule has 0 spiro atoms. The first-order valence-electron chi connectivity index (χ1n) is 8.05. The maximum absolute atomic E-state index is 11.9. The second-order valence-corrected chi connectivity index (χ2v) is 7.28. The van der Waals surface area contributed by atoms with E-state index in [4.69, 9.17) is 0 Å². The van der Waals surface area contributed by atoms with Crippen LogP contribution in [0, 0.1) is 11.3 Å². The zero-order valence-corrected chi connectivity index (χ0v) is 13.3. The predicted molar refractivity (Wildman–Crippen MR) is 80.8 cm³/mol. The van der Waals surface area contributed by atoms with Gasteiger partial charge in [-0.2, -0.15) is 0 Å². The summed E-state index contributed by atoms with van der Waals surface area (Å²) in [6.45, 7) is 5.04. The summed E-state index contributed by atoms with van der Waals surface area (Å²) in [6.07, 6.45) is 6.39. The Morgan fingerprint density at radius 3 is 2.70 bits per heavy atom. The van der Waals surface area contributed by atoms with Crippen molar-refractivity contribution in [2.24, 2.45) is 11.3 Å². The third kappa shape index (κ3) is 3.53. The van der Waals surface area contributed by atoms with E-state index < -0.39 is 11.4 Å². The summed E-state index contributed by atoms with van der Waals surface area (Å²) in [5, 5.41) is 9.78.